The fourth-order valence-electron chi connectivity index (χ4n) is 1.79. The van der Waals surface area contributed by atoms with Crippen LogP contribution in [0.3, 0.4) is 0 Å². The molecule has 0 amide bonds. The lowest BCUT2D eigenvalue weighted by molar-refractivity contribution is -0.141. The van der Waals surface area contributed by atoms with Crippen LogP contribution in [0.15, 0.2) is 35.1 Å². The second-order valence-corrected chi connectivity index (χ2v) is 4.48. The SMILES string of the molecule is CC(Cc1ccco1)Nc1cc(C(F)(F)F)ncc1N. The highest BCUT2D eigenvalue weighted by atomic mass is 19.4. The first-order chi connectivity index (χ1) is 9.36. The molecule has 4 nitrogen and oxygen atoms in total. The second-order valence-electron chi connectivity index (χ2n) is 4.48. The maximum absolute atomic E-state index is 12.6. The summed E-state index contributed by atoms with van der Waals surface area (Å²) in [6.45, 7) is 1.83. The van der Waals surface area contributed by atoms with E-state index in [9.17, 15) is 13.2 Å². The summed E-state index contributed by atoms with van der Waals surface area (Å²) in [4.78, 5) is 3.28. The van der Waals surface area contributed by atoms with Crippen LogP contribution in [0, 0.1) is 0 Å². The Hall–Kier alpha value is -2.18. The normalized spacial score (nSPS) is 13.2. The summed E-state index contributed by atoms with van der Waals surface area (Å²) in [6, 6.07) is 4.33. The van der Waals surface area contributed by atoms with Crippen molar-refractivity contribution in [3.63, 3.8) is 0 Å². The number of nitrogens with one attached hydrogen (secondary N) is 1. The molecule has 0 saturated carbocycles. The number of aromatic nitrogens is 1. The number of anilines is 2. The van der Waals surface area contributed by atoms with Gasteiger partial charge in [-0.1, -0.05) is 0 Å². The molecule has 7 heteroatoms. The van der Waals surface area contributed by atoms with Gasteiger partial charge in [0.25, 0.3) is 0 Å². The van der Waals surface area contributed by atoms with E-state index in [0.29, 0.717) is 6.42 Å². The van der Waals surface area contributed by atoms with Crippen molar-refractivity contribution in [2.24, 2.45) is 0 Å². The predicted molar refractivity (Wildman–Crippen MR) is 69.1 cm³/mol. The predicted octanol–water partition coefficient (Wildman–Crippen LogP) is 3.32. The molecule has 2 rings (SSSR count). The van der Waals surface area contributed by atoms with Gasteiger partial charge in [0.15, 0.2) is 0 Å². The first-order valence-corrected chi connectivity index (χ1v) is 5.98. The Bertz CT molecular complexity index is 567. The molecule has 3 N–H and O–H groups in total. The summed E-state index contributed by atoms with van der Waals surface area (Å²) in [5.41, 5.74) is 5.05. The third-order valence-corrected chi connectivity index (χ3v) is 2.71. The van der Waals surface area contributed by atoms with Crippen LogP contribution in [0.4, 0.5) is 24.5 Å². The number of rotatable bonds is 4. The second kappa shape index (κ2) is 5.44. The molecule has 0 spiro atoms. The first-order valence-electron chi connectivity index (χ1n) is 5.98. The van der Waals surface area contributed by atoms with Crippen LogP contribution >= 0.6 is 0 Å². The van der Waals surface area contributed by atoms with Gasteiger partial charge < -0.3 is 15.5 Å². The summed E-state index contributed by atoms with van der Waals surface area (Å²) in [5.74, 6) is 0.744. The zero-order valence-electron chi connectivity index (χ0n) is 10.7. The van der Waals surface area contributed by atoms with E-state index in [2.05, 4.69) is 10.3 Å². The van der Waals surface area contributed by atoms with Gasteiger partial charge >= 0.3 is 6.18 Å². The number of hydrogen-bond donors (Lipinski definition) is 2. The Labute approximate surface area is 113 Å². The molecule has 0 saturated heterocycles. The van der Waals surface area contributed by atoms with Gasteiger partial charge in [-0.25, -0.2) is 4.98 Å². The molecular weight excluding hydrogens is 271 g/mol. The van der Waals surface area contributed by atoms with E-state index in [4.69, 9.17) is 10.2 Å². The lowest BCUT2D eigenvalue weighted by Gasteiger charge is -2.17. The number of pyridine rings is 1. The summed E-state index contributed by atoms with van der Waals surface area (Å²) >= 11 is 0. The number of nitrogens with two attached hydrogens (primary N) is 1. The maximum Gasteiger partial charge on any atom is 0.433 e. The number of nitrogens with zero attached hydrogens (tertiary/aromatic N) is 1. The van der Waals surface area contributed by atoms with Gasteiger partial charge in [-0.05, 0) is 25.1 Å². The topological polar surface area (TPSA) is 64.1 Å². The van der Waals surface area contributed by atoms with Crippen molar-refractivity contribution >= 4 is 11.4 Å². The van der Waals surface area contributed by atoms with Crippen LogP contribution in [0.5, 0.6) is 0 Å². The molecular formula is C13H14F3N3O. The molecule has 2 aromatic heterocycles. The molecule has 0 aliphatic rings. The first kappa shape index (κ1) is 14.2. The van der Waals surface area contributed by atoms with Crippen LogP contribution < -0.4 is 11.1 Å². The van der Waals surface area contributed by atoms with Gasteiger partial charge in [-0.15, -0.1) is 0 Å². The third-order valence-electron chi connectivity index (χ3n) is 2.71. The quantitative estimate of drug-likeness (QED) is 0.904. The largest absolute Gasteiger partial charge is 0.469 e. The molecule has 0 fully saturated rings. The molecule has 0 aromatic carbocycles. The van der Waals surface area contributed by atoms with Crippen molar-refractivity contribution < 1.29 is 17.6 Å². The van der Waals surface area contributed by atoms with E-state index in [0.717, 1.165) is 18.0 Å². The molecule has 108 valence electrons. The van der Waals surface area contributed by atoms with Crippen LogP contribution in [0.25, 0.3) is 0 Å². The Morgan fingerprint density at radius 2 is 2.20 bits per heavy atom. The summed E-state index contributed by atoms with van der Waals surface area (Å²) in [5, 5.41) is 2.94. The monoisotopic (exact) mass is 285 g/mol. The van der Waals surface area contributed by atoms with Crippen LogP contribution in [-0.2, 0) is 12.6 Å². The van der Waals surface area contributed by atoms with E-state index in [-0.39, 0.29) is 17.4 Å². The molecule has 1 unspecified atom stereocenters. The van der Waals surface area contributed by atoms with Gasteiger partial charge in [0.2, 0.25) is 0 Å². The zero-order chi connectivity index (χ0) is 14.8. The van der Waals surface area contributed by atoms with Crippen molar-refractivity contribution in [1.29, 1.82) is 0 Å². The molecule has 0 aliphatic heterocycles. The van der Waals surface area contributed by atoms with Crippen LogP contribution in [0.1, 0.15) is 18.4 Å². The molecule has 1 atom stereocenters. The summed E-state index contributed by atoms with van der Waals surface area (Å²) in [6.07, 6.45) is -1.40. The zero-order valence-corrected chi connectivity index (χ0v) is 10.7. The highest BCUT2D eigenvalue weighted by molar-refractivity contribution is 5.65. The van der Waals surface area contributed by atoms with Crippen molar-refractivity contribution in [1.82, 2.24) is 4.98 Å². The minimum atomic E-state index is -4.49. The highest BCUT2D eigenvalue weighted by Crippen LogP contribution is 2.31. The van der Waals surface area contributed by atoms with E-state index in [1.165, 1.54) is 0 Å². The molecule has 20 heavy (non-hydrogen) atoms. The van der Waals surface area contributed by atoms with Crippen molar-refractivity contribution in [3.05, 3.63) is 42.1 Å². The Morgan fingerprint density at radius 3 is 2.80 bits per heavy atom. The van der Waals surface area contributed by atoms with Crippen molar-refractivity contribution in [3.8, 4) is 0 Å². The minimum absolute atomic E-state index is 0.132. The fourth-order valence-corrected chi connectivity index (χ4v) is 1.79. The molecule has 0 aliphatic carbocycles. The summed E-state index contributed by atoms with van der Waals surface area (Å²) < 4.78 is 43.0. The van der Waals surface area contributed by atoms with E-state index < -0.39 is 11.9 Å². The van der Waals surface area contributed by atoms with Crippen molar-refractivity contribution in [2.45, 2.75) is 25.6 Å². The number of alkyl halides is 3. The van der Waals surface area contributed by atoms with Crippen LogP contribution in [0.2, 0.25) is 0 Å². The van der Waals surface area contributed by atoms with Gasteiger partial charge in [0.05, 0.1) is 23.8 Å². The maximum atomic E-state index is 12.6. The average Bonchev–Trinajstić information content (AvgIpc) is 2.83. The third kappa shape index (κ3) is 3.43. The molecule has 0 bridgehead atoms. The summed E-state index contributed by atoms with van der Waals surface area (Å²) in [7, 11) is 0. The van der Waals surface area contributed by atoms with Gasteiger partial charge in [-0.3, -0.25) is 0 Å². The van der Waals surface area contributed by atoms with E-state index in [1.807, 2.05) is 6.92 Å². The fraction of sp³-hybridized carbons (Fsp3) is 0.308. The molecule has 2 heterocycles. The van der Waals surface area contributed by atoms with Crippen molar-refractivity contribution in [2.75, 3.05) is 11.1 Å². The molecule has 0 radical (unpaired) electrons. The highest BCUT2D eigenvalue weighted by Gasteiger charge is 2.33. The minimum Gasteiger partial charge on any atom is -0.469 e. The van der Waals surface area contributed by atoms with Crippen LogP contribution in [-0.4, -0.2) is 11.0 Å². The standard InChI is InChI=1S/C13H14F3N3O/c1-8(5-9-3-2-4-20-9)19-11-6-12(13(14,15)16)18-7-10(11)17/h2-4,6-8H,5,17H2,1H3,(H,18,19). The average molecular weight is 285 g/mol. The lowest BCUT2D eigenvalue weighted by atomic mass is 10.1. The van der Waals surface area contributed by atoms with Gasteiger partial charge in [0.1, 0.15) is 11.5 Å². The lowest BCUT2D eigenvalue weighted by Crippen LogP contribution is -2.19. The van der Waals surface area contributed by atoms with Gasteiger partial charge in [0, 0.05) is 12.5 Å². The van der Waals surface area contributed by atoms with E-state index >= 15 is 0 Å². The number of nitrogen functional groups attached to an aromatic ring is 1. The van der Waals surface area contributed by atoms with E-state index in [1.54, 1.807) is 18.4 Å². The van der Waals surface area contributed by atoms with Gasteiger partial charge in [-0.2, -0.15) is 13.2 Å². The smallest absolute Gasteiger partial charge is 0.433 e. The number of hydrogen-bond acceptors (Lipinski definition) is 4. The Kier molecular flexibility index (Phi) is 3.87. The Morgan fingerprint density at radius 1 is 1.45 bits per heavy atom. The number of halogens is 3. The molecule has 2 aromatic rings. The Balaban J connectivity index is 2.12. The number of furan rings is 1.